The van der Waals surface area contributed by atoms with Crippen LogP contribution in [0.25, 0.3) is 0 Å². The summed E-state index contributed by atoms with van der Waals surface area (Å²) in [6.45, 7) is 4.07. The Morgan fingerprint density at radius 2 is 2.35 bits per heavy atom. The van der Waals surface area contributed by atoms with Crippen molar-refractivity contribution in [3.05, 3.63) is 33.2 Å². The third-order valence-corrected chi connectivity index (χ3v) is 4.05. The lowest BCUT2D eigenvalue weighted by atomic mass is 10.4. The molecule has 0 aromatic carbocycles. The molecule has 0 unspecified atom stereocenters. The van der Waals surface area contributed by atoms with Crippen molar-refractivity contribution in [3.8, 4) is 0 Å². The summed E-state index contributed by atoms with van der Waals surface area (Å²) in [7, 11) is 0. The van der Waals surface area contributed by atoms with E-state index >= 15 is 0 Å². The number of hydrogen-bond acceptors (Lipinski definition) is 3. The third kappa shape index (κ3) is 2.76. The van der Waals surface area contributed by atoms with Crippen LogP contribution in [-0.2, 0) is 0 Å². The Hall–Kier alpha value is -1.14. The van der Waals surface area contributed by atoms with E-state index in [1.165, 1.54) is 11.3 Å². The zero-order valence-electron chi connectivity index (χ0n) is 9.48. The molecule has 17 heavy (non-hydrogen) atoms. The van der Waals surface area contributed by atoms with E-state index in [4.69, 9.17) is 0 Å². The first kappa shape index (κ1) is 12.3. The number of carbonyl (C=O) groups excluding carboxylic acids is 1. The predicted octanol–water partition coefficient (Wildman–Crippen LogP) is 3.54. The summed E-state index contributed by atoms with van der Waals surface area (Å²) in [4.78, 5) is 12.6. The summed E-state index contributed by atoms with van der Waals surface area (Å²) < 4.78 is 2.62. The van der Waals surface area contributed by atoms with Gasteiger partial charge in [-0.15, -0.1) is 11.3 Å². The highest BCUT2D eigenvalue weighted by Gasteiger charge is 2.12. The minimum atomic E-state index is -0.116. The van der Waals surface area contributed by atoms with E-state index in [-0.39, 0.29) is 11.9 Å². The van der Waals surface area contributed by atoms with Gasteiger partial charge in [-0.25, -0.2) is 0 Å². The minimum absolute atomic E-state index is 0.116. The maximum Gasteiger partial charge on any atom is 0.266 e. The van der Waals surface area contributed by atoms with Crippen LogP contribution in [0.5, 0.6) is 0 Å². The van der Waals surface area contributed by atoms with E-state index in [1.807, 2.05) is 31.5 Å². The van der Waals surface area contributed by atoms with Gasteiger partial charge in [0.15, 0.2) is 0 Å². The molecule has 0 spiro atoms. The van der Waals surface area contributed by atoms with E-state index in [0.29, 0.717) is 10.6 Å². The predicted molar refractivity (Wildman–Crippen MR) is 72.6 cm³/mol. The average Bonchev–Trinajstić information content (AvgIpc) is 2.86. The summed E-state index contributed by atoms with van der Waals surface area (Å²) in [5.74, 6) is -0.116. The fraction of sp³-hybridized carbons (Fsp3) is 0.273. The molecule has 0 aliphatic carbocycles. The van der Waals surface area contributed by atoms with Crippen molar-refractivity contribution in [2.45, 2.75) is 19.9 Å². The Kier molecular flexibility index (Phi) is 3.63. The highest BCUT2D eigenvalue weighted by molar-refractivity contribution is 9.10. The van der Waals surface area contributed by atoms with Crippen molar-refractivity contribution in [3.63, 3.8) is 0 Å². The molecule has 1 N–H and O–H groups in total. The molecule has 0 saturated carbocycles. The largest absolute Gasteiger partial charge is 0.319 e. The topological polar surface area (TPSA) is 46.9 Å². The normalized spacial score (nSPS) is 10.8. The van der Waals surface area contributed by atoms with E-state index < -0.39 is 0 Å². The van der Waals surface area contributed by atoms with E-state index in [9.17, 15) is 4.79 Å². The Balaban J connectivity index is 2.11. The first-order valence-corrected chi connectivity index (χ1v) is 6.83. The van der Waals surface area contributed by atoms with Crippen molar-refractivity contribution in [2.75, 3.05) is 5.32 Å². The number of nitrogens with zero attached hydrogens (tertiary/aromatic N) is 2. The Bertz CT molecular complexity index is 532. The number of aromatic nitrogens is 2. The van der Waals surface area contributed by atoms with Gasteiger partial charge in [-0.3, -0.25) is 9.48 Å². The van der Waals surface area contributed by atoms with Gasteiger partial charge < -0.3 is 5.32 Å². The summed E-state index contributed by atoms with van der Waals surface area (Å²) >= 11 is 4.74. The molecule has 6 heteroatoms. The number of amides is 1. The van der Waals surface area contributed by atoms with Crippen molar-refractivity contribution in [2.24, 2.45) is 0 Å². The smallest absolute Gasteiger partial charge is 0.266 e. The Labute approximate surface area is 112 Å². The molecular weight excluding hydrogens is 302 g/mol. The molecule has 0 radical (unpaired) electrons. The summed E-state index contributed by atoms with van der Waals surface area (Å²) in [6.07, 6.45) is 3.48. The lowest BCUT2D eigenvalue weighted by Crippen LogP contribution is -2.10. The second-order valence-corrected chi connectivity index (χ2v) is 5.63. The Morgan fingerprint density at radius 1 is 1.59 bits per heavy atom. The lowest BCUT2D eigenvalue weighted by Gasteiger charge is -2.03. The molecule has 0 fully saturated rings. The maximum absolute atomic E-state index is 11.9. The standard InChI is InChI=1S/C11H12BrN3OS/c1-7(2)15-6-8(5-13-15)14-11(16)10-9(12)3-4-17-10/h3-7H,1-2H3,(H,14,16). The first-order valence-electron chi connectivity index (χ1n) is 5.16. The molecule has 1 amide bonds. The molecule has 0 bridgehead atoms. The number of carbonyl (C=O) groups is 1. The van der Waals surface area contributed by atoms with Crippen molar-refractivity contribution >= 4 is 38.9 Å². The van der Waals surface area contributed by atoms with Gasteiger partial charge in [-0.2, -0.15) is 5.10 Å². The number of halogens is 1. The average molecular weight is 314 g/mol. The molecule has 0 aliphatic heterocycles. The van der Waals surface area contributed by atoms with Crippen molar-refractivity contribution in [1.82, 2.24) is 9.78 Å². The number of rotatable bonds is 3. The van der Waals surface area contributed by atoms with Crippen LogP contribution in [0.2, 0.25) is 0 Å². The van der Waals surface area contributed by atoms with Gasteiger partial charge in [-0.1, -0.05) is 0 Å². The number of nitrogens with one attached hydrogen (secondary N) is 1. The van der Waals surface area contributed by atoms with Crippen LogP contribution in [0.15, 0.2) is 28.3 Å². The van der Waals surface area contributed by atoms with Crippen LogP contribution in [0, 0.1) is 0 Å². The van der Waals surface area contributed by atoms with E-state index in [0.717, 1.165) is 4.47 Å². The lowest BCUT2D eigenvalue weighted by molar-refractivity contribution is 0.103. The molecule has 90 valence electrons. The molecule has 2 aromatic rings. The van der Waals surface area contributed by atoms with E-state index in [2.05, 4.69) is 26.3 Å². The highest BCUT2D eigenvalue weighted by atomic mass is 79.9. The number of anilines is 1. The molecule has 2 heterocycles. The van der Waals surface area contributed by atoms with Gasteiger partial charge in [0.1, 0.15) is 4.88 Å². The van der Waals surface area contributed by atoms with Gasteiger partial charge in [0, 0.05) is 16.7 Å². The fourth-order valence-electron chi connectivity index (χ4n) is 1.33. The molecule has 0 saturated heterocycles. The van der Waals surface area contributed by atoms with Crippen LogP contribution < -0.4 is 5.32 Å². The Morgan fingerprint density at radius 3 is 2.88 bits per heavy atom. The van der Waals surface area contributed by atoms with E-state index in [1.54, 1.807) is 10.9 Å². The summed E-state index contributed by atoms with van der Waals surface area (Å²) in [6, 6.07) is 2.14. The maximum atomic E-state index is 11.9. The SMILES string of the molecule is CC(C)n1cc(NC(=O)c2sccc2Br)cn1. The van der Waals surface area contributed by atoms with Crippen LogP contribution in [0.3, 0.4) is 0 Å². The minimum Gasteiger partial charge on any atom is -0.319 e. The number of thiophene rings is 1. The summed E-state index contributed by atoms with van der Waals surface area (Å²) in [5, 5.41) is 8.86. The second-order valence-electron chi connectivity index (χ2n) is 3.85. The molecule has 4 nitrogen and oxygen atoms in total. The van der Waals surface area contributed by atoms with Crippen LogP contribution in [-0.4, -0.2) is 15.7 Å². The van der Waals surface area contributed by atoms with Crippen LogP contribution >= 0.6 is 27.3 Å². The zero-order chi connectivity index (χ0) is 12.4. The zero-order valence-corrected chi connectivity index (χ0v) is 11.9. The van der Waals surface area contributed by atoms with Gasteiger partial charge >= 0.3 is 0 Å². The molecule has 2 rings (SSSR count). The molecule has 2 aromatic heterocycles. The van der Waals surface area contributed by atoms with Gasteiger partial charge in [-0.05, 0) is 41.2 Å². The monoisotopic (exact) mass is 313 g/mol. The summed E-state index contributed by atoms with van der Waals surface area (Å²) in [5.41, 5.74) is 0.712. The third-order valence-electron chi connectivity index (χ3n) is 2.21. The van der Waals surface area contributed by atoms with Crippen LogP contribution in [0.1, 0.15) is 29.6 Å². The highest BCUT2D eigenvalue weighted by Crippen LogP contribution is 2.23. The van der Waals surface area contributed by atoms with Crippen molar-refractivity contribution < 1.29 is 4.79 Å². The molecule has 0 atom stereocenters. The van der Waals surface area contributed by atoms with Crippen LogP contribution in [0.4, 0.5) is 5.69 Å². The van der Waals surface area contributed by atoms with Crippen molar-refractivity contribution in [1.29, 1.82) is 0 Å². The van der Waals surface area contributed by atoms with Gasteiger partial charge in [0.25, 0.3) is 5.91 Å². The quantitative estimate of drug-likeness (QED) is 0.942. The molecular formula is C11H12BrN3OS. The van der Waals surface area contributed by atoms with Gasteiger partial charge in [0.05, 0.1) is 11.9 Å². The molecule has 0 aliphatic rings. The van der Waals surface area contributed by atoms with Gasteiger partial charge in [0.2, 0.25) is 0 Å². The second kappa shape index (κ2) is 5.01. The number of hydrogen-bond donors (Lipinski definition) is 1. The fourth-order valence-corrected chi connectivity index (χ4v) is 2.78. The first-order chi connectivity index (χ1) is 8.08.